The molecule has 0 saturated heterocycles. The Bertz CT molecular complexity index is 2300. The summed E-state index contributed by atoms with van der Waals surface area (Å²) >= 11 is 0. The van der Waals surface area contributed by atoms with Gasteiger partial charge in [0.15, 0.2) is 0 Å². The van der Waals surface area contributed by atoms with Crippen LogP contribution in [0.2, 0.25) is 0 Å². The predicted octanol–water partition coefficient (Wildman–Crippen LogP) is 8.23. The van der Waals surface area contributed by atoms with Gasteiger partial charge in [0, 0.05) is 47.0 Å². The first-order valence-corrected chi connectivity index (χ1v) is 16.1. The van der Waals surface area contributed by atoms with Gasteiger partial charge >= 0.3 is 21.1 Å². The molecular formula is C42H29BN4OPt. The van der Waals surface area contributed by atoms with Gasteiger partial charge in [-0.1, -0.05) is 65.8 Å². The van der Waals surface area contributed by atoms with Crippen LogP contribution in [-0.2, 0) is 21.1 Å². The normalized spacial score (nSPS) is 12.4. The second-order valence-corrected chi connectivity index (χ2v) is 12.2. The molecule has 49 heavy (non-hydrogen) atoms. The van der Waals surface area contributed by atoms with E-state index in [9.17, 15) is 0 Å². The van der Waals surface area contributed by atoms with E-state index < -0.39 is 0 Å². The maximum atomic E-state index is 6.30. The molecule has 5 nitrogen and oxygen atoms in total. The summed E-state index contributed by atoms with van der Waals surface area (Å²) in [5.74, 6) is 1.14. The van der Waals surface area contributed by atoms with Crippen LogP contribution in [0, 0.1) is 26.0 Å². The first-order chi connectivity index (χ1) is 23.6. The number of anilines is 6. The van der Waals surface area contributed by atoms with E-state index in [4.69, 9.17) is 9.72 Å². The molecule has 0 fully saturated rings. The summed E-state index contributed by atoms with van der Waals surface area (Å²) in [6.45, 7) is 4.03. The van der Waals surface area contributed by atoms with Crippen molar-refractivity contribution in [1.82, 2.24) is 9.97 Å². The Morgan fingerprint density at radius 1 is 0.612 bits per heavy atom. The van der Waals surface area contributed by atoms with Crippen molar-refractivity contribution >= 4 is 57.2 Å². The van der Waals surface area contributed by atoms with Gasteiger partial charge < -0.3 is 19.5 Å². The maximum Gasteiger partial charge on any atom is 2.00 e. The SMILES string of the molecule is Cc1cnc(-c2[c-]c3c(cc2)N(c2ccccc2)c2cccc4c2B3c2[c-]c(Oc3ccccn3)ccc2N4c2ccccc2)c(C)c1.[Pt+2]. The average molecular weight is 812 g/mol. The van der Waals surface area contributed by atoms with Gasteiger partial charge in [0.2, 0.25) is 12.6 Å². The van der Waals surface area contributed by atoms with E-state index in [0.717, 1.165) is 67.4 Å². The van der Waals surface area contributed by atoms with Gasteiger partial charge in [-0.3, -0.25) is 0 Å². The molecular weight excluding hydrogens is 782 g/mol. The molecule has 0 bridgehead atoms. The van der Waals surface area contributed by atoms with Gasteiger partial charge in [-0.25, -0.2) is 4.98 Å². The third-order valence-corrected chi connectivity index (χ3v) is 9.12. The second-order valence-electron chi connectivity index (χ2n) is 12.2. The fraction of sp³-hybridized carbons (Fsp3) is 0.0476. The summed E-state index contributed by atoms with van der Waals surface area (Å²) < 4.78 is 6.30. The number of hydrogen-bond donors (Lipinski definition) is 0. The van der Waals surface area contributed by atoms with Gasteiger partial charge in [-0.05, 0) is 78.7 Å². The molecule has 0 spiro atoms. The Kier molecular flexibility index (Phi) is 7.90. The standard InChI is InChI=1S/C42H29BN4O.Pt/c1-28-24-29(2)42(45-27-28)30-19-21-36-34(25-30)43-35-26-33(48-40-18-9-10-23-44-40)20-22-37(35)47(32-14-7-4-8-15-32)39-17-11-16-38(41(39)43)46(36)31-12-5-3-6-13-31;/h3-24,27H,1-2H3;/q-2;+2. The van der Waals surface area contributed by atoms with E-state index in [0.29, 0.717) is 11.6 Å². The molecule has 0 amide bonds. The summed E-state index contributed by atoms with van der Waals surface area (Å²) in [4.78, 5) is 14.0. The van der Waals surface area contributed by atoms with Gasteiger partial charge in [0.25, 0.3) is 0 Å². The zero-order valence-corrected chi connectivity index (χ0v) is 29.1. The Labute approximate surface area is 301 Å². The minimum absolute atomic E-state index is 0. The van der Waals surface area contributed by atoms with Crippen LogP contribution in [0.1, 0.15) is 11.1 Å². The van der Waals surface area contributed by atoms with Crippen molar-refractivity contribution in [2.24, 2.45) is 0 Å². The monoisotopic (exact) mass is 811 g/mol. The molecule has 0 N–H and O–H groups in total. The Hall–Kier alpha value is -5.45. The number of nitrogens with zero attached hydrogens (tertiary/aromatic N) is 4. The molecule has 0 atom stereocenters. The summed E-state index contributed by atoms with van der Waals surface area (Å²) in [5.41, 5.74) is 14.0. The molecule has 0 saturated carbocycles. The second kappa shape index (κ2) is 12.5. The van der Waals surface area contributed by atoms with E-state index in [1.54, 1.807) is 6.20 Å². The van der Waals surface area contributed by atoms with Gasteiger partial charge in [-0.15, -0.1) is 47.4 Å². The molecule has 0 unspecified atom stereocenters. The van der Waals surface area contributed by atoms with Crippen molar-refractivity contribution in [3.05, 3.63) is 163 Å². The summed E-state index contributed by atoms with van der Waals surface area (Å²) in [6.07, 6.45) is 3.67. The van der Waals surface area contributed by atoms with Crippen molar-refractivity contribution in [3.63, 3.8) is 0 Å². The smallest absolute Gasteiger partial charge is 0.466 e. The number of aromatic nitrogens is 2. The topological polar surface area (TPSA) is 41.5 Å². The summed E-state index contributed by atoms with van der Waals surface area (Å²) in [7, 11) is 0. The fourth-order valence-corrected chi connectivity index (χ4v) is 7.16. The van der Waals surface area contributed by atoms with Crippen molar-refractivity contribution < 1.29 is 25.8 Å². The first-order valence-electron chi connectivity index (χ1n) is 16.1. The Balaban J connectivity index is 0.00000348. The molecule has 7 heteroatoms. The molecule has 236 valence electrons. The van der Waals surface area contributed by atoms with Crippen LogP contribution in [0.15, 0.2) is 140 Å². The van der Waals surface area contributed by atoms with Crippen LogP contribution >= 0.6 is 0 Å². The molecule has 0 aliphatic carbocycles. The Morgan fingerprint density at radius 3 is 1.88 bits per heavy atom. The molecule has 7 aromatic rings. The average Bonchev–Trinajstić information content (AvgIpc) is 3.12. The number of pyridine rings is 2. The van der Waals surface area contributed by atoms with Crippen molar-refractivity contribution in [1.29, 1.82) is 0 Å². The van der Waals surface area contributed by atoms with Crippen LogP contribution < -0.4 is 30.9 Å². The molecule has 2 aliphatic rings. The van der Waals surface area contributed by atoms with Gasteiger partial charge in [0.05, 0.1) is 0 Å². The van der Waals surface area contributed by atoms with Crippen LogP contribution in [-0.4, -0.2) is 16.7 Å². The van der Waals surface area contributed by atoms with E-state index in [2.05, 4.69) is 144 Å². The van der Waals surface area contributed by atoms with Crippen molar-refractivity contribution in [2.45, 2.75) is 13.8 Å². The number of ether oxygens (including phenoxy) is 1. The number of rotatable bonds is 5. The molecule has 2 aliphatic heterocycles. The van der Waals surface area contributed by atoms with E-state index in [-0.39, 0.29) is 27.8 Å². The van der Waals surface area contributed by atoms with Crippen LogP contribution in [0.25, 0.3) is 11.3 Å². The minimum Gasteiger partial charge on any atom is -0.466 e. The first kappa shape index (κ1) is 30.9. The molecule has 9 rings (SSSR count). The number of fused-ring (bicyclic) bond motifs is 4. The van der Waals surface area contributed by atoms with Gasteiger partial charge in [0.1, 0.15) is 0 Å². The van der Waals surface area contributed by atoms with Crippen molar-refractivity contribution in [2.75, 3.05) is 9.80 Å². The van der Waals surface area contributed by atoms with Gasteiger partial charge in [-0.2, -0.15) is 5.46 Å². The van der Waals surface area contributed by atoms with Crippen molar-refractivity contribution in [3.8, 4) is 22.9 Å². The molecule has 5 aromatic carbocycles. The summed E-state index contributed by atoms with van der Waals surface area (Å²) in [5, 5.41) is 0. The quantitative estimate of drug-likeness (QED) is 0.130. The Morgan fingerprint density at radius 2 is 1.24 bits per heavy atom. The number of hydrogen-bond acceptors (Lipinski definition) is 5. The zero-order chi connectivity index (χ0) is 32.2. The van der Waals surface area contributed by atoms with E-state index in [1.807, 2.05) is 30.5 Å². The van der Waals surface area contributed by atoms with Crippen LogP contribution in [0.3, 0.4) is 0 Å². The fourth-order valence-electron chi connectivity index (χ4n) is 7.16. The minimum atomic E-state index is -0.167. The van der Waals surface area contributed by atoms with E-state index >= 15 is 0 Å². The number of para-hydroxylation sites is 2. The zero-order valence-electron chi connectivity index (χ0n) is 26.9. The van der Waals surface area contributed by atoms with E-state index in [1.165, 1.54) is 5.46 Å². The largest absolute Gasteiger partial charge is 2.00 e. The van der Waals surface area contributed by atoms with Crippen LogP contribution in [0.4, 0.5) is 34.1 Å². The van der Waals surface area contributed by atoms with Crippen LogP contribution in [0.5, 0.6) is 11.6 Å². The third-order valence-electron chi connectivity index (χ3n) is 9.12. The summed E-state index contributed by atoms with van der Waals surface area (Å²) in [6, 6.07) is 51.7. The molecule has 4 heterocycles. The molecule has 2 aromatic heterocycles. The third kappa shape index (κ3) is 5.24. The predicted molar refractivity (Wildman–Crippen MR) is 195 cm³/mol. The maximum absolute atomic E-state index is 6.30. The molecule has 0 radical (unpaired) electrons. The number of benzene rings is 5. The number of aryl methyl sites for hydroxylation is 2.